The van der Waals surface area contributed by atoms with E-state index in [0.29, 0.717) is 17.3 Å². The lowest BCUT2D eigenvalue weighted by Gasteiger charge is -2.06. The molecule has 1 aliphatic rings. The van der Waals surface area contributed by atoms with Crippen molar-refractivity contribution in [3.05, 3.63) is 48.4 Å². The third-order valence-electron chi connectivity index (χ3n) is 2.87. The lowest BCUT2D eigenvalue weighted by Crippen LogP contribution is -2.12. The molecule has 19 heavy (non-hydrogen) atoms. The molecule has 2 heterocycles. The van der Waals surface area contributed by atoms with E-state index in [9.17, 15) is 4.79 Å². The van der Waals surface area contributed by atoms with Crippen LogP contribution in [0.2, 0.25) is 0 Å². The normalized spacial score (nSPS) is 13.9. The molecule has 0 bridgehead atoms. The van der Waals surface area contributed by atoms with Crippen LogP contribution in [0.1, 0.15) is 23.2 Å². The molecular weight excluding hydrogens is 240 g/mol. The Morgan fingerprint density at radius 2 is 2.11 bits per heavy atom. The molecule has 1 aliphatic carbocycles. The minimum atomic E-state index is -0.183. The van der Waals surface area contributed by atoms with Gasteiger partial charge in [0.05, 0.1) is 17.4 Å². The van der Waals surface area contributed by atoms with Crippen molar-refractivity contribution < 1.29 is 4.79 Å². The summed E-state index contributed by atoms with van der Waals surface area (Å²) in [5.41, 5.74) is 1.21. The van der Waals surface area contributed by atoms with Gasteiger partial charge in [-0.2, -0.15) is 0 Å². The van der Waals surface area contributed by atoms with Gasteiger partial charge in [-0.3, -0.25) is 9.78 Å². The summed E-state index contributed by atoms with van der Waals surface area (Å²) in [7, 11) is 0. The number of aromatic nitrogens is 2. The SMILES string of the molecule is O=C(Nc1ccc(NC2CC2)nc1)c1cccnc1. The molecule has 1 amide bonds. The number of hydrogen-bond donors (Lipinski definition) is 2. The van der Waals surface area contributed by atoms with E-state index in [4.69, 9.17) is 0 Å². The molecule has 1 saturated carbocycles. The van der Waals surface area contributed by atoms with Crippen molar-refractivity contribution in [3.8, 4) is 0 Å². The van der Waals surface area contributed by atoms with E-state index < -0.39 is 0 Å². The fourth-order valence-electron chi connectivity index (χ4n) is 1.69. The Bertz CT molecular complexity index is 564. The molecule has 0 spiro atoms. The Labute approximate surface area is 111 Å². The highest BCUT2D eigenvalue weighted by atomic mass is 16.1. The second-order valence-electron chi connectivity index (χ2n) is 4.55. The molecule has 0 unspecified atom stereocenters. The van der Waals surface area contributed by atoms with Crippen molar-refractivity contribution in [1.82, 2.24) is 9.97 Å². The van der Waals surface area contributed by atoms with Crippen molar-refractivity contribution in [1.29, 1.82) is 0 Å². The molecule has 2 aromatic heterocycles. The van der Waals surface area contributed by atoms with Crippen LogP contribution >= 0.6 is 0 Å². The zero-order valence-electron chi connectivity index (χ0n) is 10.3. The van der Waals surface area contributed by atoms with Gasteiger partial charge in [-0.05, 0) is 37.1 Å². The summed E-state index contributed by atoms with van der Waals surface area (Å²) < 4.78 is 0. The number of pyridine rings is 2. The fourth-order valence-corrected chi connectivity index (χ4v) is 1.69. The average molecular weight is 254 g/mol. The first-order valence-corrected chi connectivity index (χ1v) is 6.25. The molecule has 0 aliphatic heterocycles. The van der Waals surface area contributed by atoms with Crippen LogP contribution in [0.25, 0.3) is 0 Å². The second kappa shape index (κ2) is 5.06. The average Bonchev–Trinajstić information content (AvgIpc) is 3.26. The number of carbonyl (C=O) groups excluding carboxylic acids is 1. The molecule has 0 saturated heterocycles. The van der Waals surface area contributed by atoms with Crippen LogP contribution in [0.5, 0.6) is 0 Å². The summed E-state index contributed by atoms with van der Waals surface area (Å²) in [6.45, 7) is 0. The maximum absolute atomic E-state index is 11.9. The van der Waals surface area contributed by atoms with Gasteiger partial charge in [-0.25, -0.2) is 4.98 Å². The van der Waals surface area contributed by atoms with Gasteiger partial charge in [0.15, 0.2) is 0 Å². The van der Waals surface area contributed by atoms with Gasteiger partial charge in [-0.15, -0.1) is 0 Å². The third kappa shape index (κ3) is 3.07. The lowest BCUT2D eigenvalue weighted by atomic mass is 10.2. The topological polar surface area (TPSA) is 66.9 Å². The summed E-state index contributed by atoms with van der Waals surface area (Å²) in [5, 5.41) is 6.08. The number of anilines is 2. The summed E-state index contributed by atoms with van der Waals surface area (Å²) in [4.78, 5) is 20.1. The van der Waals surface area contributed by atoms with Crippen molar-refractivity contribution in [2.45, 2.75) is 18.9 Å². The van der Waals surface area contributed by atoms with E-state index in [1.807, 2.05) is 12.1 Å². The van der Waals surface area contributed by atoms with Crippen LogP contribution in [0.3, 0.4) is 0 Å². The molecule has 1 fully saturated rings. The molecule has 0 radical (unpaired) electrons. The molecule has 96 valence electrons. The number of hydrogen-bond acceptors (Lipinski definition) is 4. The molecule has 5 heteroatoms. The van der Waals surface area contributed by atoms with Crippen molar-refractivity contribution in [2.24, 2.45) is 0 Å². The Morgan fingerprint density at radius 3 is 2.74 bits per heavy atom. The first-order chi connectivity index (χ1) is 9.31. The van der Waals surface area contributed by atoms with Gasteiger partial charge in [0.1, 0.15) is 5.82 Å². The summed E-state index contributed by atoms with van der Waals surface area (Å²) in [5.74, 6) is 0.666. The van der Waals surface area contributed by atoms with E-state index in [1.165, 1.54) is 19.0 Å². The van der Waals surface area contributed by atoms with Gasteiger partial charge in [0.25, 0.3) is 5.91 Å². The number of nitrogens with zero attached hydrogens (tertiary/aromatic N) is 2. The summed E-state index contributed by atoms with van der Waals surface area (Å²) in [6, 6.07) is 7.74. The molecule has 2 aromatic rings. The van der Waals surface area contributed by atoms with Crippen LogP contribution in [-0.4, -0.2) is 21.9 Å². The standard InChI is InChI=1S/C14H14N4O/c19-14(10-2-1-7-15-8-10)18-12-5-6-13(16-9-12)17-11-3-4-11/h1-2,5-9,11H,3-4H2,(H,16,17)(H,18,19). The lowest BCUT2D eigenvalue weighted by molar-refractivity contribution is 0.102. The number of rotatable bonds is 4. The highest BCUT2D eigenvalue weighted by Gasteiger charge is 2.21. The van der Waals surface area contributed by atoms with Crippen LogP contribution in [0.4, 0.5) is 11.5 Å². The minimum absolute atomic E-state index is 0.183. The van der Waals surface area contributed by atoms with Crippen LogP contribution < -0.4 is 10.6 Å². The van der Waals surface area contributed by atoms with Crippen molar-refractivity contribution >= 4 is 17.4 Å². The van der Waals surface area contributed by atoms with Gasteiger partial charge < -0.3 is 10.6 Å². The maximum Gasteiger partial charge on any atom is 0.257 e. The van der Waals surface area contributed by atoms with E-state index >= 15 is 0 Å². The van der Waals surface area contributed by atoms with Crippen LogP contribution in [0, 0.1) is 0 Å². The molecule has 0 atom stereocenters. The maximum atomic E-state index is 11.9. The quantitative estimate of drug-likeness (QED) is 0.878. The Kier molecular flexibility index (Phi) is 3.10. The van der Waals surface area contributed by atoms with Crippen LogP contribution in [0.15, 0.2) is 42.9 Å². The van der Waals surface area contributed by atoms with E-state index in [0.717, 1.165) is 5.82 Å². The van der Waals surface area contributed by atoms with E-state index in [-0.39, 0.29) is 5.91 Å². The van der Waals surface area contributed by atoms with Crippen molar-refractivity contribution in [3.63, 3.8) is 0 Å². The largest absolute Gasteiger partial charge is 0.367 e. The number of carbonyl (C=O) groups is 1. The summed E-state index contributed by atoms with van der Waals surface area (Å²) in [6.07, 6.45) is 7.24. The fraction of sp³-hybridized carbons (Fsp3) is 0.214. The Balaban J connectivity index is 1.64. The molecule has 5 nitrogen and oxygen atoms in total. The van der Waals surface area contributed by atoms with Gasteiger partial charge >= 0.3 is 0 Å². The van der Waals surface area contributed by atoms with Crippen molar-refractivity contribution in [2.75, 3.05) is 10.6 Å². The number of nitrogens with one attached hydrogen (secondary N) is 2. The molecule has 0 aromatic carbocycles. The predicted octanol–water partition coefficient (Wildman–Crippen LogP) is 2.30. The molecule has 3 rings (SSSR count). The first kappa shape index (κ1) is 11.6. The van der Waals surface area contributed by atoms with Gasteiger partial charge in [-0.1, -0.05) is 0 Å². The first-order valence-electron chi connectivity index (χ1n) is 6.25. The Hall–Kier alpha value is -2.43. The van der Waals surface area contributed by atoms with Gasteiger partial charge in [0, 0.05) is 18.4 Å². The smallest absolute Gasteiger partial charge is 0.257 e. The van der Waals surface area contributed by atoms with Crippen LogP contribution in [-0.2, 0) is 0 Å². The zero-order valence-corrected chi connectivity index (χ0v) is 10.3. The monoisotopic (exact) mass is 254 g/mol. The third-order valence-corrected chi connectivity index (χ3v) is 2.87. The predicted molar refractivity (Wildman–Crippen MR) is 73.1 cm³/mol. The van der Waals surface area contributed by atoms with E-state index in [1.54, 1.807) is 24.5 Å². The zero-order chi connectivity index (χ0) is 13.1. The van der Waals surface area contributed by atoms with E-state index in [2.05, 4.69) is 20.6 Å². The highest BCUT2D eigenvalue weighted by molar-refractivity contribution is 6.03. The number of amides is 1. The Morgan fingerprint density at radius 1 is 1.21 bits per heavy atom. The minimum Gasteiger partial charge on any atom is -0.367 e. The highest BCUT2D eigenvalue weighted by Crippen LogP contribution is 2.23. The molecular formula is C14H14N4O. The second-order valence-corrected chi connectivity index (χ2v) is 4.55. The summed E-state index contributed by atoms with van der Waals surface area (Å²) >= 11 is 0. The molecule has 2 N–H and O–H groups in total. The van der Waals surface area contributed by atoms with Gasteiger partial charge in [0.2, 0.25) is 0 Å².